The molecule has 0 aromatic heterocycles. The number of carbonyl (C=O) groups excluding carboxylic acids is 1. The van der Waals surface area contributed by atoms with Crippen molar-refractivity contribution >= 4 is 12.2 Å². The molecule has 2 fully saturated rings. The molecular formula is C26H32N4O5. The van der Waals surface area contributed by atoms with Crippen LogP contribution in [0.3, 0.4) is 0 Å². The highest BCUT2D eigenvalue weighted by Crippen LogP contribution is 2.31. The number of benzene rings is 2. The maximum Gasteiger partial charge on any atom is 0.260 e. The van der Waals surface area contributed by atoms with Crippen LogP contribution in [-0.2, 0) is 16.1 Å². The van der Waals surface area contributed by atoms with E-state index in [9.17, 15) is 9.90 Å². The summed E-state index contributed by atoms with van der Waals surface area (Å²) in [7, 11) is 1.61. The summed E-state index contributed by atoms with van der Waals surface area (Å²) in [6, 6.07) is 15.5. The number of hydrogen-bond acceptors (Lipinski definition) is 9. The average molecular weight is 481 g/mol. The zero-order valence-electron chi connectivity index (χ0n) is 20.2. The lowest BCUT2D eigenvalue weighted by Gasteiger charge is -2.44. The number of aliphatic hydroxyl groups excluding tert-OH is 1. The molecule has 9 nitrogen and oxygen atoms in total. The zero-order chi connectivity index (χ0) is 24.4. The molecule has 2 aromatic carbocycles. The van der Waals surface area contributed by atoms with Gasteiger partial charge in [-0.05, 0) is 54.9 Å². The molecule has 3 aliphatic heterocycles. The summed E-state index contributed by atoms with van der Waals surface area (Å²) in [4.78, 5) is 14.1. The lowest BCUT2D eigenvalue weighted by atomic mass is 9.91. The first-order chi connectivity index (χ1) is 17.0. The minimum Gasteiger partial charge on any atom is -0.497 e. The Bertz CT molecular complexity index is 1060. The molecule has 3 heterocycles. The number of hydrazine groups is 1. The minimum atomic E-state index is -0.828. The smallest absolute Gasteiger partial charge is 0.260 e. The van der Waals surface area contributed by atoms with Crippen LogP contribution in [0, 0.1) is 5.41 Å². The van der Waals surface area contributed by atoms with Gasteiger partial charge in [0.1, 0.15) is 11.5 Å². The first-order valence-electron chi connectivity index (χ1n) is 12.0. The van der Waals surface area contributed by atoms with Gasteiger partial charge in [-0.1, -0.05) is 19.1 Å². The Morgan fingerprint density at radius 2 is 1.89 bits per heavy atom. The Hall–Kier alpha value is -3.14. The van der Waals surface area contributed by atoms with E-state index in [-0.39, 0.29) is 18.2 Å². The monoisotopic (exact) mass is 480 g/mol. The van der Waals surface area contributed by atoms with Crippen molar-refractivity contribution < 1.29 is 24.1 Å². The lowest BCUT2D eigenvalue weighted by Crippen LogP contribution is -2.60. The van der Waals surface area contributed by atoms with E-state index in [1.807, 2.05) is 41.4 Å². The number of hydrogen-bond donors (Lipinski definition) is 1. The van der Waals surface area contributed by atoms with Crippen molar-refractivity contribution in [2.24, 2.45) is 10.5 Å². The van der Waals surface area contributed by atoms with Crippen molar-refractivity contribution in [1.82, 2.24) is 15.0 Å². The molecule has 0 saturated carbocycles. The molecule has 0 aliphatic carbocycles. The second-order valence-electron chi connectivity index (χ2n) is 9.70. The third kappa shape index (κ3) is 4.98. The molecule has 0 radical (unpaired) electrons. The molecule has 1 N–H and O–H groups in total. The Kier molecular flexibility index (Phi) is 6.64. The summed E-state index contributed by atoms with van der Waals surface area (Å²) in [6.07, 6.45) is 1.53. The number of aliphatic hydroxyl groups is 1. The molecule has 0 amide bonds. The van der Waals surface area contributed by atoms with Crippen molar-refractivity contribution in [3.63, 3.8) is 0 Å². The van der Waals surface area contributed by atoms with Crippen molar-refractivity contribution in [2.45, 2.75) is 38.8 Å². The Morgan fingerprint density at radius 3 is 2.49 bits per heavy atom. The Labute approximate surface area is 205 Å². The largest absolute Gasteiger partial charge is 0.497 e. The van der Waals surface area contributed by atoms with Crippen molar-refractivity contribution in [1.29, 1.82) is 0 Å². The third-order valence-corrected chi connectivity index (χ3v) is 6.93. The van der Waals surface area contributed by atoms with Crippen LogP contribution in [0.25, 0.3) is 0 Å². The van der Waals surface area contributed by atoms with Gasteiger partial charge in [0.15, 0.2) is 12.5 Å². The molecule has 2 aromatic rings. The van der Waals surface area contributed by atoms with Crippen LogP contribution >= 0.6 is 0 Å². The van der Waals surface area contributed by atoms with Gasteiger partial charge in [0, 0.05) is 43.6 Å². The number of aldehydes is 1. The van der Waals surface area contributed by atoms with Gasteiger partial charge in [-0.25, -0.2) is 0 Å². The van der Waals surface area contributed by atoms with E-state index in [1.165, 1.54) is 5.56 Å². The number of hydrazone groups is 1. The molecule has 3 unspecified atom stereocenters. The number of ether oxygens (including phenoxy) is 3. The number of carbonyl (C=O) groups is 1. The van der Waals surface area contributed by atoms with Gasteiger partial charge in [-0.15, -0.1) is 5.10 Å². The van der Waals surface area contributed by atoms with Crippen molar-refractivity contribution in [3.05, 3.63) is 59.7 Å². The van der Waals surface area contributed by atoms with Crippen LogP contribution in [-0.4, -0.2) is 78.1 Å². The van der Waals surface area contributed by atoms with E-state index >= 15 is 0 Å². The van der Waals surface area contributed by atoms with Gasteiger partial charge in [-0.3, -0.25) is 9.69 Å². The number of nitrogens with zero attached hydrogens (tertiary/aromatic N) is 4. The SMILES string of the molecule is COc1ccc(C2=NN(N3CCC3Oc3ccc(CN4CCC(C)(CO)C4)cc3)C(C=O)O2)cc1. The van der Waals surface area contributed by atoms with E-state index in [4.69, 9.17) is 14.2 Å². The first kappa shape index (κ1) is 23.6. The standard InChI is InChI=1S/C26H32N4O5/c1-26(18-32)12-14-28(17-26)15-19-3-7-22(8-4-19)34-23-11-13-29(23)30-24(16-31)35-25(27-30)20-5-9-21(33-2)10-6-20/h3-10,16,23-24,32H,11-15,17-18H2,1-2H3. The van der Waals surface area contributed by atoms with E-state index in [0.29, 0.717) is 12.4 Å². The van der Waals surface area contributed by atoms with E-state index in [2.05, 4.69) is 29.1 Å². The van der Waals surface area contributed by atoms with E-state index in [1.54, 1.807) is 12.2 Å². The molecule has 0 spiro atoms. The maximum atomic E-state index is 11.7. The zero-order valence-corrected chi connectivity index (χ0v) is 20.2. The summed E-state index contributed by atoms with van der Waals surface area (Å²) in [5.41, 5.74) is 1.99. The van der Waals surface area contributed by atoms with Crippen molar-refractivity contribution in [3.8, 4) is 11.5 Å². The molecule has 2 saturated heterocycles. The Morgan fingerprint density at radius 1 is 1.14 bits per heavy atom. The summed E-state index contributed by atoms with van der Waals surface area (Å²) in [6.45, 7) is 5.86. The molecule has 35 heavy (non-hydrogen) atoms. The maximum absolute atomic E-state index is 11.7. The van der Waals surface area contributed by atoms with Crippen LogP contribution in [0.5, 0.6) is 11.5 Å². The number of likely N-dealkylation sites (tertiary alicyclic amines) is 1. The summed E-state index contributed by atoms with van der Waals surface area (Å²) in [5, 5.41) is 17.6. The minimum absolute atomic E-state index is 0.00508. The lowest BCUT2D eigenvalue weighted by molar-refractivity contribution is -0.218. The normalized spacial score (nSPS) is 26.7. The van der Waals surface area contributed by atoms with Crippen LogP contribution in [0.2, 0.25) is 0 Å². The molecular weight excluding hydrogens is 448 g/mol. The Balaban J connectivity index is 1.20. The van der Waals surface area contributed by atoms with Crippen LogP contribution in [0.1, 0.15) is 30.9 Å². The molecule has 9 heteroatoms. The van der Waals surface area contributed by atoms with Gasteiger partial charge in [-0.2, -0.15) is 10.1 Å². The van der Waals surface area contributed by atoms with Crippen LogP contribution in [0.15, 0.2) is 53.6 Å². The fourth-order valence-electron chi connectivity index (χ4n) is 4.66. The van der Waals surface area contributed by atoms with Gasteiger partial charge < -0.3 is 19.3 Å². The highest BCUT2D eigenvalue weighted by atomic mass is 16.6. The molecule has 3 atom stereocenters. The summed E-state index contributed by atoms with van der Waals surface area (Å²) >= 11 is 0. The predicted molar refractivity (Wildman–Crippen MR) is 130 cm³/mol. The summed E-state index contributed by atoms with van der Waals surface area (Å²) in [5.74, 6) is 1.90. The van der Waals surface area contributed by atoms with Gasteiger partial charge in [0.25, 0.3) is 6.23 Å². The second kappa shape index (κ2) is 9.85. The van der Waals surface area contributed by atoms with Gasteiger partial charge >= 0.3 is 0 Å². The summed E-state index contributed by atoms with van der Waals surface area (Å²) < 4.78 is 17.2. The predicted octanol–water partition coefficient (Wildman–Crippen LogP) is 2.44. The second-order valence-corrected chi connectivity index (χ2v) is 9.70. The highest BCUT2D eigenvalue weighted by Gasteiger charge is 2.42. The fourth-order valence-corrected chi connectivity index (χ4v) is 4.66. The molecule has 3 aliphatic rings. The third-order valence-electron chi connectivity index (χ3n) is 6.93. The van der Waals surface area contributed by atoms with Gasteiger partial charge in [0.2, 0.25) is 5.90 Å². The molecule has 0 bridgehead atoms. The van der Waals surface area contributed by atoms with Crippen molar-refractivity contribution in [2.75, 3.05) is 33.4 Å². The quantitative estimate of drug-likeness (QED) is 0.548. The van der Waals surface area contributed by atoms with Crippen LogP contribution < -0.4 is 9.47 Å². The average Bonchev–Trinajstić information content (AvgIpc) is 3.46. The number of rotatable bonds is 9. The number of methoxy groups -OCH3 is 1. The molecule has 186 valence electrons. The first-order valence-corrected chi connectivity index (χ1v) is 12.0. The van der Waals surface area contributed by atoms with Gasteiger partial charge in [0.05, 0.1) is 7.11 Å². The topological polar surface area (TPSA) is 87.1 Å². The highest BCUT2D eigenvalue weighted by molar-refractivity contribution is 5.95. The van der Waals surface area contributed by atoms with Crippen LogP contribution in [0.4, 0.5) is 0 Å². The molecule has 5 rings (SSSR count). The van der Waals surface area contributed by atoms with E-state index in [0.717, 1.165) is 55.8 Å². The van der Waals surface area contributed by atoms with E-state index < -0.39 is 6.23 Å². The fraction of sp³-hybridized carbons (Fsp3) is 0.462.